The number of carbonyl (C=O) groups excluding carboxylic acids is 5. The molecule has 0 aromatic heterocycles. The third-order valence-corrected chi connectivity index (χ3v) is 18.2. The summed E-state index contributed by atoms with van der Waals surface area (Å²) in [4.78, 5) is 68.0. The number of nitrogens with zero attached hydrogens (tertiary/aromatic N) is 4. The number of carbonyl (C=O) groups is 5. The van der Waals surface area contributed by atoms with Crippen LogP contribution < -0.4 is 32.9 Å². The minimum absolute atomic E-state index is 0. The van der Waals surface area contributed by atoms with E-state index in [9.17, 15) is 24.0 Å². The molecule has 0 bridgehead atoms. The van der Waals surface area contributed by atoms with E-state index in [-0.39, 0.29) is 41.1 Å². The summed E-state index contributed by atoms with van der Waals surface area (Å²) in [6.07, 6.45) is 7.77. The highest BCUT2D eigenvalue weighted by Gasteiger charge is 2.45. The highest BCUT2D eigenvalue weighted by atomic mass is 79.9. The van der Waals surface area contributed by atoms with Crippen LogP contribution in [0.3, 0.4) is 0 Å². The summed E-state index contributed by atoms with van der Waals surface area (Å²) in [6, 6.07) is 44.7. The summed E-state index contributed by atoms with van der Waals surface area (Å²) < 4.78 is 21.8. The van der Waals surface area contributed by atoms with Gasteiger partial charge in [-0.25, -0.2) is 9.59 Å². The molecule has 2 fully saturated rings. The molecule has 0 saturated carbocycles. The van der Waals surface area contributed by atoms with Crippen LogP contribution in [0, 0.1) is 13.8 Å². The number of hydrogen-bond acceptors (Lipinski definition) is 11. The van der Waals surface area contributed by atoms with Gasteiger partial charge in [0.05, 0.1) is 6.16 Å². The second-order valence-corrected chi connectivity index (χ2v) is 29.4. The Labute approximate surface area is 519 Å². The molecule has 2 saturated heterocycles. The lowest BCUT2D eigenvalue weighted by Crippen LogP contribution is -3.00. The molecule has 0 aliphatic carbocycles. The molecule has 0 spiro atoms. The fourth-order valence-electron chi connectivity index (χ4n) is 9.83. The molecule has 0 N–H and O–H groups in total. The van der Waals surface area contributed by atoms with Gasteiger partial charge in [-0.3, -0.25) is 24.2 Å². The van der Waals surface area contributed by atoms with E-state index in [0.29, 0.717) is 45.4 Å². The van der Waals surface area contributed by atoms with Crippen LogP contribution in [0.25, 0.3) is 6.08 Å². The van der Waals surface area contributed by atoms with Gasteiger partial charge in [0, 0.05) is 83.9 Å². The maximum absolute atomic E-state index is 12.3. The van der Waals surface area contributed by atoms with E-state index in [1.165, 1.54) is 32.6 Å². The summed E-state index contributed by atoms with van der Waals surface area (Å²) in [5.74, 6) is -0.292. The predicted molar refractivity (Wildman–Crippen MR) is 343 cm³/mol. The van der Waals surface area contributed by atoms with Crippen LogP contribution in [0.5, 0.6) is 0 Å². The molecule has 0 radical (unpaired) electrons. The lowest BCUT2D eigenvalue weighted by molar-refractivity contribution is -0.155. The van der Waals surface area contributed by atoms with E-state index in [4.69, 9.17) is 18.9 Å². The number of ether oxygens (including phenoxy) is 4. The first-order valence-corrected chi connectivity index (χ1v) is 31.7. The Morgan fingerprint density at radius 1 is 0.471 bits per heavy atom. The average Bonchev–Trinajstić information content (AvgIpc) is 1.66. The van der Waals surface area contributed by atoms with Crippen LogP contribution in [0.4, 0.5) is 9.59 Å². The molecular formula is C70H96BrN4O9P. The van der Waals surface area contributed by atoms with Crippen molar-refractivity contribution in [2.24, 2.45) is 0 Å². The molecule has 85 heavy (non-hydrogen) atoms. The number of amides is 2. The third kappa shape index (κ3) is 25.0. The Morgan fingerprint density at radius 3 is 1.19 bits per heavy atom. The van der Waals surface area contributed by atoms with Crippen molar-refractivity contribution < 1.29 is 59.9 Å². The minimum atomic E-state index is -1.87. The molecule has 7 rings (SSSR count). The van der Waals surface area contributed by atoms with Gasteiger partial charge in [-0.2, -0.15) is 0 Å². The number of hydrogen-bond donors (Lipinski definition) is 0. The summed E-state index contributed by atoms with van der Waals surface area (Å²) in [5, 5.41) is 4.05. The van der Waals surface area contributed by atoms with Crippen LogP contribution in [0.15, 0.2) is 133 Å². The first-order chi connectivity index (χ1) is 39.5. The SMILES string of the molecule is CC(C)(C)OC(=O)CCC[P+](c1ccccc1)(c1ccccc1)c1ccccc1.Cc1ccc(CN2CCN(C(=O)OC(C)(C)C)CC2)c(/C=C/CCC(=O)OC(C)(C)C)c1.Cc1ccc(CN2CCN(C(=O)OC(C)(C)C)CC2)c(C=O)c1.[Br-]. The number of benzene rings is 5. The first kappa shape index (κ1) is 71.3. The monoisotopic (exact) mass is 1250 g/mol. The molecule has 0 unspecified atom stereocenters. The Balaban J connectivity index is 0.000000275. The zero-order valence-electron chi connectivity index (χ0n) is 53.3. The number of rotatable bonds is 16. The number of allylic oxidation sites excluding steroid dienone is 1. The smallest absolute Gasteiger partial charge is 0.410 e. The fourth-order valence-corrected chi connectivity index (χ4v) is 14.2. The van der Waals surface area contributed by atoms with Gasteiger partial charge >= 0.3 is 24.1 Å². The van der Waals surface area contributed by atoms with Crippen LogP contribution in [0.1, 0.15) is 147 Å². The van der Waals surface area contributed by atoms with Crippen molar-refractivity contribution in [3.63, 3.8) is 0 Å². The summed E-state index contributed by atoms with van der Waals surface area (Å²) in [6.45, 7) is 34.1. The summed E-state index contributed by atoms with van der Waals surface area (Å²) in [5.41, 5.74) is 4.67. The van der Waals surface area contributed by atoms with Gasteiger partial charge in [-0.15, -0.1) is 0 Å². The van der Waals surface area contributed by atoms with Gasteiger partial charge in [-0.1, -0.05) is 108 Å². The van der Waals surface area contributed by atoms with Gasteiger partial charge in [0.25, 0.3) is 0 Å². The van der Waals surface area contributed by atoms with Crippen LogP contribution in [0.2, 0.25) is 0 Å². The molecule has 5 aromatic rings. The van der Waals surface area contributed by atoms with Crippen molar-refractivity contribution >= 4 is 59.7 Å². The van der Waals surface area contributed by atoms with Crippen molar-refractivity contribution in [1.29, 1.82) is 0 Å². The number of halogens is 1. The van der Waals surface area contributed by atoms with E-state index < -0.39 is 29.7 Å². The largest absolute Gasteiger partial charge is 1.00 e. The zero-order chi connectivity index (χ0) is 61.7. The van der Waals surface area contributed by atoms with E-state index in [1.807, 2.05) is 114 Å². The highest BCUT2D eigenvalue weighted by Crippen LogP contribution is 2.56. The van der Waals surface area contributed by atoms with Gasteiger partial charge < -0.3 is 45.7 Å². The number of esters is 2. The molecule has 2 aliphatic heterocycles. The van der Waals surface area contributed by atoms with Crippen LogP contribution >= 0.6 is 7.26 Å². The second-order valence-electron chi connectivity index (χ2n) is 25.8. The van der Waals surface area contributed by atoms with Crippen molar-refractivity contribution in [3.05, 3.63) is 167 Å². The molecule has 13 nitrogen and oxygen atoms in total. The Morgan fingerprint density at radius 2 is 0.824 bits per heavy atom. The van der Waals surface area contributed by atoms with Crippen LogP contribution in [-0.4, -0.2) is 131 Å². The maximum Gasteiger partial charge on any atom is 0.410 e. The van der Waals surface area contributed by atoms with E-state index in [1.54, 1.807) is 9.80 Å². The molecule has 0 atom stereocenters. The van der Waals surface area contributed by atoms with E-state index >= 15 is 0 Å². The third-order valence-electron chi connectivity index (χ3n) is 13.7. The quantitative estimate of drug-likeness (QED) is 0.0404. The molecule has 2 amide bonds. The van der Waals surface area contributed by atoms with Crippen molar-refractivity contribution in [1.82, 2.24) is 19.6 Å². The van der Waals surface area contributed by atoms with Gasteiger partial charge in [0.1, 0.15) is 51.9 Å². The minimum Gasteiger partial charge on any atom is -1.00 e. The Kier molecular flexibility index (Phi) is 27.8. The molecule has 2 aliphatic rings. The number of aryl methyl sites for hydroxylation is 2. The average molecular weight is 1250 g/mol. The van der Waals surface area contributed by atoms with Crippen LogP contribution in [-0.2, 0) is 41.6 Å². The van der Waals surface area contributed by atoms with Crippen molar-refractivity contribution in [3.8, 4) is 0 Å². The Hall–Kier alpha value is -6.18. The number of aldehydes is 1. The summed E-state index contributed by atoms with van der Waals surface area (Å²) >= 11 is 0. The molecule has 15 heteroatoms. The van der Waals surface area contributed by atoms with Gasteiger partial charge in [0.15, 0.2) is 0 Å². The molecule has 5 aromatic carbocycles. The number of piperazine rings is 2. The Bertz CT molecular complexity index is 2820. The highest BCUT2D eigenvalue weighted by molar-refractivity contribution is 7.95. The fraction of sp³-hybridized carbons (Fsp3) is 0.471. The topological polar surface area (TPSA) is 135 Å². The lowest BCUT2D eigenvalue weighted by atomic mass is 10.0. The van der Waals surface area contributed by atoms with Crippen molar-refractivity contribution in [2.75, 3.05) is 58.5 Å². The zero-order valence-corrected chi connectivity index (χ0v) is 55.7. The van der Waals surface area contributed by atoms with Gasteiger partial charge in [-0.05, 0) is 169 Å². The molecule has 2 heterocycles. The van der Waals surface area contributed by atoms with Gasteiger partial charge in [0.2, 0.25) is 0 Å². The molecule has 462 valence electrons. The normalized spacial score (nSPS) is 14.4. The first-order valence-electron chi connectivity index (χ1n) is 29.7. The lowest BCUT2D eigenvalue weighted by Gasteiger charge is -2.35. The van der Waals surface area contributed by atoms with E-state index in [2.05, 4.69) is 132 Å². The molecular weight excluding hydrogens is 1150 g/mol. The second kappa shape index (κ2) is 33.1. The maximum atomic E-state index is 12.3. The van der Waals surface area contributed by atoms with Crippen molar-refractivity contribution in [2.45, 2.75) is 158 Å². The standard InChI is InChI=1S/C26H40N2O4.C26H30O2P.C18H26N2O3.BrH/c1-20-12-13-22(21(18-20)10-8-9-11-23(29)31-25(2,3)4)19-27-14-16-28(17-15-27)24(30)32-26(5,6)7;1-26(2,3)28-25(27)20-13-21-29(22-14-7-4-8-15-22,23-16-9-5-10-17-23)24-18-11-6-12-19-24;1-14-5-6-15(16(11-14)13-21)12-19-7-9-20(10-8-19)17(22)23-18(2,3)4;/h8,10,12-13,18H,9,11,14-17,19H2,1-7H3;4-12,14-19H,13,20-21H2,1-3H3;5-6,11,13H,7-10,12H2,1-4H3;1H/q;+1;;/p-1/b10-8+;;;. The summed E-state index contributed by atoms with van der Waals surface area (Å²) in [7, 11) is -1.87. The van der Waals surface area contributed by atoms with E-state index in [0.717, 1.165) is 74.8 Å². The predicted octanol–water partition coefficient (Wildman–Crippen LogP) is 10.1.